The van der Waals surface area contributed by atoms with Gasteiger partial charge in [0, 0.05) is 31.5 Å². The van der Waals surface area contributed by atoms with Gasteiger partial charge in [-0.3, -0.25) is 4.72 Å². The Morgan fingerprint density at radius 2 is 1.61 bits per heavy atom. The van der Waals surface area contributed by atoms with Crippen LogP contribution in [0.4, 0.5) is 22.9 Å². The molecule has 0 atom stereocenters. The molecule has 0 saturated heterocycles. The molecule has 146 valence electrons. The second-order valence-corrected chi connectivity index (χ2v) is 7.86. The average molecular weight is 399 g/mol. The van der Waals surface area contributed by atoms with Gasteiger partial charge in [-0.25, -0.2) is 8.42 Å². The van der Waals surface area contributed by atoms with Gasteiger partial charge in [-0.1, -0.05) is 0 Å². The normalized spacial score (nSPS) is 11.0. The van der Waals surface area contributed by atoms with Crippen LogP contribution in [-0.4, -0.2) is 39.8 Å². The van der Waals surface area contributed by atoms with Gasteiger partial charge in [0.05, 0.1) is 23.9 Å². The Bertz CT molecular complexity index is 1040. The summed E-state index contributed by atoms with van der Waals surface area (Å²) in [5, 5.41) is 11.1. The number of nitrogens with one attached hydrogen (secondary N) is 2. The zero-order valence-corrected chi connectivity index (χ0v) is 16.6. The predicted molar refractivity (Wildman–Crippen MR) is 110 cm³/mol. The Kier molecular flexibility index (Phi) is 5.65. The van der Waals surface area contributed by atoms with Crippen LogP contribution < -0.4 is 19.7 Å². The van der Waals surface area contributed by atoms with E-state index in [-0.39, 0.29) is 4.90 Å². The number of hydrogen-bond donors (Lipinski definition) is 2. The topological polar surface area (TPSA) is 96.5 Å². The summed E-state index contributed by atoms with van der Waals surface area (Å²) in [5.74, 6) is 1.19. The highest BCUT2D eigenvalue weighted by Gasteiger charge is 2.14. The van der Waals surface area contributed by atoms with E-state index in [2.05, 4.69) is 20.2 Å². The van der Waals surface area contributed by atoms with Gasteiger partial charge in [0.2, 0.25) is 0 Å². The lowest BCUT2D eigenvalue weighted by Gasteiger charge is -2.13. The van der Waals surface area contributed by atoms with Crippen LogP contribution in [0.25, 0.3) is 0 Å². The molecule has 8 nitrogen and oxygen atoms in total. The van der Waals surface area contributed by atoms with Crippen LogP contribution in [0.2, 0.25) is 0 Å². The van der Waals surface area contributed by atoms with Gasteiger partial charge in [0.25, 0.3) is 10.0 Å². The van der Waals surface area contributed by atoms with Crippen LogP contribution >= 0.6 is 0 Å². The van der Waals surface area contributed by atoms with E-state index < -0.39 is 10.0 Å². The molecular weight excluding hydrogens is 378 g/mol. The Labute approximate surface area is 164 Å². The lowest BCUT2D eigenvalue weighted by Crippen LogP contribution is -2.12. The van der Waals surface area contributed by atoms with Crippen molar-refractivity contribution < 1.29 is 13.2 Å². The summed E-state index contributed by atoms with van der Waals surface area (Å²) in [5.41, 5.74) is 2.13. The summed E-state index contributed by atoms with van der Waals surface area (Å²) in [4.78, 5) is 2.09. The number of methoxy groups -OCH3 is 1. The van der Waals surface area contributed by atoms with Crippen molar-refractivity contribution in [1.82, 2.24) is 10.2 Å². The molecule has 0 aliphatic heterocycles. The molecule has 0 radical (unpaired) electrons. The Hall–Kier alpha value is -3.33. The number of aromatic nitrogens is 2. The third-order valence-electron chi connectivity index (χ3n) is 3.94. The average Bonchev–Trinajstić information content (AvgIpc) is 2.69. The SMILES string of the molecule is COc1ccc(S(=O)(=O)Nc2ccc(Nc3cc(N(C)C)cnn3)cc2)cc1. The number of ether oxygens (including phenoxy) is 1. The first-order valence-corrected chi connectivity index (χ1v) is 9.90. The molecule has 2 N–H and O–H groups in total. The van der Waals surface area contributed by atoms with E-state index >= 15 is 0 Å². The van der Waals surface area contributed by atoms with E-state index in [1.807, 2.05) is 25.1 Å². The predicted octanol–water partition coefficient (Wildman–Crippen LogP) is 3.10. The van der Waals surface area contributed by atoms with Gasteiger partial charge in [-0.2, -0.15) is 5.10 Å². The molecule has 2 aromatic carbocycles. The van der Waals surface area contributed by atoms with Crippen molar-refractivity contribution >= 4 is 32.9 Å². The zero-order chi connectivity index (χ0) is 20.1. The molecule has 0 aliphatic rings. The van der Waals surface area contributed by atoms with E-state index in [1.165, 1.54) is 19.2 Å². The fourth-order valence-electron chi connectivity index (χ4n) is 2.40. The van der Waals surface area contributed by atoms with E-state index in [0.717, 1.165) is 11.4 Å². The molecule has 0 amide bonds. The monoisotopic (exact) mass is 399 g/mol. The number of sulfonamides is 1. The van der Waals surface area contributed by atoms with Crippen LogP contribution in [0.1, 0.15) is 0 Å². The van der Waals surface area contributed by atoms with Crippen molar-refractivity contribution in [2.75, 3.05) is 36.1 Å². The van der Waals surface area contributed by atoms with Gasteiger partial charge >= 0.3 is 0 Å². The van der Waals surface area contributed by atoms with E-state index in [0.29, 0.717) is 17.3 Å². The molecule has 9 heteroatoms. The minimum Gasteiger partial charge on any atom is -0.497 e. The van der Waals surface area contributed by atoms with E-state index in [1.54, 1.807) is 42.6 Å². The largest absolute Gasteiger partial charge is 0.497 e. The molecule has 3 aromatic rings. The first-order chi connectivity index (χ1) is 13.4. The molecule has 0 unspecified atom stereocenters. The third kappa shape index (κ3) is 4.68. The summed E-state index contributed by atoms with van der Waals surface area (Å²) in [6, 6.07) is 14.9. The highest BCUT2D eigenvalue weighted by molar-refractivity contribution is 7.92. The summed E-state index contributed by atoms with van der Waals surface area (Å²) >= 11 is 0. The smallest absolute Gasteiger partial charge is 0.261 e. The van der Waals surface area contributed by atoms with Crippen molar-refractivity contribution in [3.05, 3.63) is 60.8 Å². The first-order valence-electron chi connectivity index (χ1n) is 8.41. The molecule has 0 bridgehead atoms. The minimum absolute atomic E-state index is 0.159. The maximum atomic E-state index is 12.5. The Morgan fingerprint density at radius 1 is 0.964 bits per heavy atom. The molecule has 0 aliphatic carbocycles. The van der Waals surface area contributed by atoms with Crippen LogP contribution in [0.5, 0.6) is 5.75 Å². The van der Waals surface area contributed by atoms with Crippen LogP contribution in [0, 0.1) is 0 Å². The number of hydrogen-bond acceptors (Lipinski definition) is 7. The third-order valence-corrected chi connectivity index (χ3v) is 5.33. The van der Waals surface area contributed by atoms with Gasteiger partial charge in [-0.05, 0) is 48.5 Å². The Morgan fingerprint density at radius 3 is 2.21 bits per heavy atom. The van der Waals surface area contributed by atoms with E-state index in [4.69, 9.17) is 4.74 Å². The second-order valence-electron chi connectivity index (χ2n) is 6.18. The molecule has 0 fully saturated rings. The number of benzene rings is 2. The van der Waals surface area contributed by atoms with Crippen molar-refractivity contribution in [3.8, 4) is 5.75 Å². The van der Waals surface area contributed by atoms with Crippen molar-refractivity contribution in [2.24, 2.45) is 0 Å². The number of nitrogens with zero attached hydrogens (tertiary/aromatic N) is 3. The lowest BCUT2D eigenvalue weighted by molar-refractivity contribution is 0.414. The van der Waals surface area contributed by atoms with Gasteiger partial charge in [0.15, 0.2) is 5.82 Å². The van der Waals surface area contributed by atoms with Crippen LogP contribution in [0.3, 0.4) is 0 Å². The lowest BCUT2D eigenvalue weighted by atomic mass is 10.3. The summed E-state index contributed by atoms with van der Waals surface area (Å²) in [6.45, 7) is 0. The summed E-state index contributed by atoms with van der Waals surface area (Å²) < 4.78 is 32.6. The van der Waals surface area contributed by atoms with E-state index in [9.17, 15) is 8.42 Å². The molecule has 3 rings (SSSR count). The van der Waals surface area contributed by atoms with Crippen molar-refractivity contribution in [3.63, 3.8) is 0 Å². The fourth-order valence-corrected chi connectivity index (χ4v) is 3.46. The first kappa shape index (κ1) is 19.4. The molecule has 1 aromatic heterocycles. The van der Waals surface area contributed by atoms with Gasteiger partial charge in [-0.15, -0.1) is 5.10 Å². The van der Waals surface area contributed by atoms with Crippen LogP contribution in [0.15, 0.2) is 65.7 Å². The minimum atomic E-state index is -3.68. The fraction of sp³-hybridized carbons (Fsp3) is 0.158. The maximum Gasteiger partial charge on any atom is 0.261 e. The second kappa shape index (κ2) is 8.13. The maximum absolute atomic E-state index is 12.5. The van der Waals surface area contributed by atoms with Crippen molar-refractivity contribution in [2.45, 2.75) is 4.90 Å². The quantitative estimate of drug-likeness (QED) is 0.630. The Balaban J connectivity index is 1.71. The van der Waals surface area contributed by atoms with Crippen LogP contribution in [-0.2, 0) is 10.0 Å². The molecule has 28 heavy (non-hydrogen) atoms. The summed E-state index contributed by atoms with van der Waals surface area (Å²) in [6.07, 6.45) is 1.67. The highest BCUT2D eigenvalue weighted by Crippen LogP contribution is 2.22. The summed E-state index contributed by atoms with van der Waals surface area (Å²) in [7, 11) is 1.69. The number of anilines is 4. The number of rotatable bonds is 7. The van der Waals surface area contributed by atoms with Gasteiger partial charge < -0.3 is 15.0 Å². The highest BCUT2D eigenvalue weighted by atomic mass is 32.2. The molecular formula is C19H21N5O3S. The van der Waals surface area contributed by atoms with Crippen molar-refractivity contribution in [1.29, 1.82) is 0 Å². The zero-order valence-electron chi connectivity index (χ0n) is 15.7. The molecule has 1 heterocycles. The van der Waals surface area contributed by atoms with Gasteiger partial charge in [0.1, 0.15) is 5.75 Å². The molecule has 0 saturated carbocycles. The molecule has 0 spiro atoms. The standard InChI is InChI=1S/C19H21N5O3S/c1-24(2)16-12-19(22-20-13-16)21-14-4-6-15(7-5-14)23-28(25,26)18-10-8-17(27-3)9-11-18/h4-13,23H,1-3H3,(H,21,22).